The van der Waals surface area contributed by atoms with E-state index in [-0.39, 0.29) is 0 Å². The number of rotatable bonds is 4. The van der Waals surface area contributed by atoms with E-state index in [1.165, 1.54) is 5.56 Å². The van der Waals surface area contributed by atoms with Gasteiger partial charge in [-0.1, -0.05) is 24.3 Å². The fourth-order valence-electron chi connectivity index (χ4n) is 0.997. The molecule has 13 heavy (non-hydrogen) atoms. The van der Waals surface area contributed by atoms with Gasteiger partial charge in [0.1, 0.15) is 5.75 Å². The molecule has 0 aliphatic rings. The number of methoxy groups -OCH3 is 1. The summed E-state index contributed by atoms with van der Waals surface area (Å²) in [5.41, 5.74) is 1.17. The molecule has 0 radical (unpaired) electrons. The molecule has 0 fully saturated rings. The average molecular weight is 197 g/mol. The van der Waals surface area contributed by atoms with Gasteiger partial charge in [-0.25, -0.2) is 0 Å². The van der Waals surface area contributed by atoms with Crippen LogP contribution in [0.4, 0.5) is 0 Å². The van der Waals surface area contributed by atoms with Crippen LogP contribution in [0.3, 0.4) is 0 Å². The van der Waals surface area contributed by atoms with Crippen molar-refractivity contribution in [2.75, 3.05) is 13.0 Å². The van der Waals surface area contributed by atoms with Gasteiger partial charge in [0.15, 0.2) is 0 Å². The van der Waals surface area contributed by atoms with Crippen LogP contribution >= 0.6 is 11.6 Å². The Morgan fingerprint density at radius 1 is 1.31 bits per heavy atom. The van der Waals surface area contributed by atoms with Crippen LogP contribution in [0.5, 0.6) is 5.75 Å². The van der Waals surface area contributed by atoms with Crippen molar-refractivity contribution in [2.24, 2.45) is 0 Å². The third-order valence-corrected chi connectivity index (χ3v) is 1.92. The van der Waals surface area contributed by atoms with Gasteiger partial charge in [-0.15, -0.1) is 11.6 Å². The quantitative estimate of drug-likeness (QED) is 0.672. The summed E-state index contributed by atoms with van der Waals surface area (Å²) < 4.78 is 5.05. The fraction of sp³-hybridized carbons (Fsp3) is 0.273. The Hall–Kier alpha value is -0.950. The van der Waals surface area contributed by atoms with E-state index >= 15 is 0 Å². The molecule has 0 bridgehead atoms. The summed E-state index contributed by atoms with van der Waals surface area (Å²) in [5.74, 6) is 1.56. The Morgan fingerprint density at radius 2 is 2.00 bits per heavy atom. The van der Waals surface area contributed by atoms with Crippen molar-refractivity contribution < 1.29 is 4.74 Å². The maximum Gasteiger partial charge on any atom is 0.118 e. The summed E-state index contributed by atoms with van der Waals surface area (Å²) in [4.78, 5) is 0. The highest BCUT2D eigenvalue weighted by atomic mass is 35.5. The van der Waals surface area contributed by atoms with Gasteiger partial charge >= 0.3 is 0 Å². The number of ether oxygens (including phenoxy) is 1. The van der Waals surface area contributed by atoms with Gasteiger partial charge in [0.2, 0.25) is 0 Å². The van der Waals surface area contributed by atoms with Crippen LogP contribution in [0.2, 0.25) is 0 Å². The fourth-order valence-corrected chi connectivity index (χ4v) is 1.12. The molecule has 0 aromatic heterocycles. The maximum absolute atomic E-state index is 5.54. The summed E-state index contributed by atoms with van der Waals surface area (Å²) in [5, 5.41) is 0. The SMILES string of the molecule is COc1ccc(/C=C/CCCl)cc1. The van der Waals surface area contributed by atoms with Gasteiger partial charge < -0.3 is 4.74 Å². The summed E-state index contributed by atoms with van der Waals surface area (Å²) >= 11 is 5.54. The molecule has 1 nitrogen and oxygen atoms in total. The maximum atomic E-state index is 5.54. The minimum Gasteiger partial charge on any atom is -0.497 e. The molecule has 0 N–H and O–H groups in total. The minimum atomic E-state index is 0.673. The summed E-state index contributed by atoms with van der Waals surface area (Å²) in [6.45, 7) is 0. The predicted molar refractivity (Wildman–Crippen MR) is 57.4 cm³/mol. The van der Waals surface area contributed by atoms with Gasteiger partial charge in [0, 0.05) is 5.88 Å². The summed E-state index contributed by atoms with van der Waals surface area (Å²) in [7, 11) is 1.67. The van der Waals surface area contributed by atoms with E-state index in [2.05, 4.69) is 12.2 Å². The summed E-state index contributed by atoms with van der Waals surface area (Å²) in [6, 6.07) is 7.92. The van der Waals surface area contributed by atoms with Crippen molar-refractivity contribution in [3.05, 3.63) is 35.9 Å². The van der Waals surface area contributed by atoms with E-state index in [1.807, 2.05) is 24.3 Å². The van der Waals surface area contributed by atoms with E-state index in [9.17, 15) is 0 Å². The molecule has 1 aromatic rings. The number of hydrogen-bond acceptors (Lipinski definition) is 1. The molecule has 0 aliphatic heterocycles. The van der Waals surface area contributed by atoms with Gasteiger partial charge in [0.25, 0.3) is 0 Å². The lowest BCUT2D eigenvalue weighted by Gasteiger charge is -1.98. The molecule has 0 spiro atoms. The third-order valence-electron chi connectivity index (χ3n) is 1.70. The van der Waals surface area contributed by atoms with Gasteiger partial charge in [-0.2, -0.15) is 0 Å². The zero-order valence-electron chi connectivity index (χ0n) is 7.66. The van der Waals surface area contributed by atoms with E-state index in [1.54, 1.807) is 7.11 Å². The van der Waals surface area contributed by atoms with Crippen molar-refractivity contribution in [1.29, 1.82) is 0 Å². The van der Waals surface area contributed by atoms with E-state index in [0.29, 0.717) is 5.88 Å². The molecule has 1 aromatic carbocycles. The number of halogens is 1. The molecule has 0 unspecified atom stereocenters. The van der Waals surface area contributed by atoms with Crippen LogP contribution in [0.1, 0.15) is 12.0 Å². The lowest BCUT2D eigenvalue weighted by atomic mass is 10.2. The number of benzene rings is 1. The highest BCUT2D eigenvalue weighted by molar-refractivity contribution is 6.17. The average Bonchev–Trinajstić information content (AvgIpc) is 2.19. The van der Waals surface area contributed by atoms with E-state index in [4.69, 9.17) is 16.3 Å². The molecular formula is C11H13ClO. The monoisotopic (exact) mass is 196 g/mol. The Balaban J connectivity index is 2.58. The van der Waals surface area contributed by atoms with Gasteiger partial charge in [0.05, 0.1) is 7.11 Å². The first-order valence-corrected chi connectivity index (χ1v) is 4.77. The lowest BCUT2D eigenvalue weighted by molar-refractivity contribution is 0.415. The van der Waals surface area contributed by atoms with Crippen LogP contribution in [-0.2, 0) is 0 Å². The first-order valence-electron chi connectivity index (χ1n) is 4.23. The van der Waals surface area contributed by atoms with Crippen LogP contribution in [-0.4, -0.2) is 13.0 Å². The summed E-state index contributed by atoms with van der Waals surface area (Å²) in [6.07, 6.45) is 5.03. The Labute approximate surface area is 84.0 Å². The van der Waals surface area contributed by atoms with Crippen molar-refractivity contribution in [3.8, 4) is 5.75 Å². The first-order chi connectivity index (χ1) is 6.36. The van der Waals surface area contributed by atoms with Crippen LogP contribution in [0.15, 0.2) is 30.3 Å². The highest BCUT2D eigenvalue weighted by Gasteiger charge is 1.88. The molecule has 0 atom stereocenters. The molecule has 0 amide bonds. The van der Waals surface area contributed by atoms with E-state index in [0.717, 1.165) is 12.2 Å². The van der Waals surface area contributed by atoms with E-state index < -0.39 is 0 Å². The minimum absolute atomic E-state index is 0.673. The second-order valence-corrected chi connectivity index (χ2v) is 3.03. The number of hydrogen-bond donors (Lipinski definition) is 0. The van der Waals surface area contributed by atoms with Crippen LogP contribution in [0, 0.1) is 0 Å². The highest BCUT2D eigenvalue weighted by Crippen LogP contribution is 2.12. The van der Waals surface area contributed by atoms with Crippen molar-refractivity contribution >= 4 is 17.7 Å². The lowest BCUT2D eigenvalue weighted by Crippen LogP contribution is -1.81. The second kappa shape index (κ2) is 5.65. The van der Waals surface area contributed by atoms with Gasteiger partial charge in [-0.3, -0.25) is 0 Å². The van der Waals surface area contributed by atoms with Crippen molar-refractivity contribution in [2.45, 2.75) is 6.42 Å². The van der Waals surface area contributed by atoms with Crippen LogP contribution < -0.4 is 4.74 Å². The molecule has 0 saturated heterocycles. The van der Waals surface area contributed by atoms with Crippen LogP contribution in [0.25, 0.3) is 6.08 Å². The van der Waals surface area contributed by atoms with Gasteiger partial charge in [-0.05, 0) is 24.1 Å². The molecule has 2 heteroatoms. The standard InChI is InChI=1S/C11H13ClO/c1-13-11-7-5-10(6-8-11)4-2-3-9-12/h2,4-8H,3,9H2,1H3/b4-2+. The molecule has 70 valence electrons. The number of alkyl halides is 1. The van der Waals surface area contributed by atoms with Crippen molar-refractivity contribution in [1.82, 2.24) is 0 Å². The Bertz CT molecular complexity index is 264. The molecule has 0 saturated carbocycles. The topological polar surface area (TPSA) is 9.23 Å². The Kier molecular flexibility index (Phi) is 4.41. The smallest absolute Gasteiger partial charge is 0.118 e. The largest absolute Gasteiger partial charge is 0.497 e. The normalized spacial score (nSPS) is 10.6. The number of allylic oxidation sites excluding steroid dienone is 1. The zero-order valence-corrected chi connectivity index (χ0v) is 8.42. The predicted octanol–water partition coefficient (Wildman–Crippen LogP) is 3.34. The second-order valence-electron chi connectivity index (χ2n) is 2.65. The molecule has 0 aliphatic carbocycles. The molecular weight excluding hydrogens is 184 g/mol. The molecule has 0 heterocycles. The third kappa shape index (κ3) is 3.51. The Morgan fingerprint density at radius 3 is 2.54 bits per heavy atom. The zero-order chi connectivity index (χ0) is 9.52. The van der Waals surface area contributed by atoms with Crippen molar-refractivity contribution in [3.63, 3.8) is 0 Å². The first kappa shape index (κ1) is 10.1. The molecule has 1 rings (SSSR count).